The van der Waals surface area contributed by atoms with Crippen LogP contribution in [0.3, 0.4) is 0 Å². The maximum atomic E-state index is 9.47. The van der Waals surface area contributed by atoms with Crippen molar-refractivity contribution in [2.45, 2.75) is 37.6 Å². The first kappa shape index (κ1) is 14.3. The Labute approximate surface area is 111 Å². The van der Waals surface area contributed by atoms with Crippen molar-refractivity contribution in [3.8, 4) is 0 Å². The van der Waals surface area contributed by atoms with Crippen LogP contribution >= 0.6 is 0 Å². The predicted octanol–water partition coefficient (Wildman–Crippen LogP) is 0.504. The SMILES string of the molecule is CN1CCCN(CCC2CCCC2(N)CO)CC1. The van der Waals surface area contributed by atoms with Crippen molar-refractivity contribution in [3.63, 3.8) is 0 Å². The number of aliphatic hydroxyl groups excluding tert-OH is 1. The summed E-state index contributed by atoms with van der Waals surface area (Å²) in [5, 5.41) is 9.47. The van der Waals surface area contributed by atoms with Gasteiger partial charge in [-0.1, -0.05) is 6.42 Å². The molecule has 2 unspecified atom stereocenters. The third-order valence-corrected chi connectivity index (χ3v) is 4.91. The summed E-state index contributed by atoms with van der Waals surface area (Å²) in [7, 11) is 2.21. The van der Waals surface area contributed by atoms with Crippen LogP contribution < -0.4 is 5.73 Å². The summed E-state index contributed by atoms with van der Waals surface area (Å²) < 4.78 is 0. The summed E-state index contributed by atoms with van der Waals surface area (Å²) in [5.74, 6) is 0.517. The fourth-order valence-electron chi connectivity index (χ4n) is 3.47. The van der Waals surface area contributed by atoms with Crippen LogP contribution in [-0.2, 0) is 0 Å². The van der Waals surface area contributed by atoms with E-state index in [1.807, 2.05) is 0 Å². The minimum atomic E-state index is -0.289. The van der Waals surface area contributed by atoms with Crippen LogP contribution in [0.15, 0.2) is 0 Å². The van der Waals surface area contributed by atoms with Crippen LogP contribution in [-0.4, -0.2) is 66.8 Å². The van der Waals surface area contributed by atoms with E-state index in [9.17, 15) is 5.11 Å². The first-order chi connectivity index (χ1) is 8.64. The van der Waals surface area contributed by atoms with E-state index in [2.05, 4.69) is 16.8 Å². The Balaban J connectivity index is 1.77. The van der Waals surface area contributed by atoms with Crippen LogP contribution in [0.25, 0.3) is 0 Å². The Morgan fingerprint density at radius 2 is 2.06 bits per heavy atom. The molecule has 3 N–H and O–H groups in total. The van der Waals surface area contributed by atoms with Crippen molar-refractivity contribution in [3.05, 3.63) is 0 Å². The predicted molar refractivity (Wildman–Crippen MR) is 74.5 cm³/mol. The second-order valence-electron chi connectivity index (χ2n) is 6.27. The van der Waals surface area contributed by atoms with E-state index in [0.29, 0.717) is 5.92 Å². The molecule has 4 heteroatoms. The molecule has 4 nitrogen and oxygen atoms in total. The van der Waals surface area contributed by atoms with Gasteiger partial charge in [0.25, 0.3) is 0 Å². The lowest BCUT2D eigenvalue weighted by Crippen LogP contribution is -2.48. The van der Waals surface area contributed by atoms with Gasteiger partial charge in [-0.25, -0.2) is 0 Å². The molecule has 0 aromatic rings. The van der Waals surface area contributed by atoms with Gasteiger partial charge in [0.15, 0.2) is 0 Å². The molecule has 0 radical (unpaired) electrons. The highest BCUT2D eigenvalue weighted by Gasteiger charge is 2.38. The fourth-order valence-corrected chi connectivity index (χ4v) is 3.47. The zero-order valence-corrected chi connectivity index (χ0v) is 11.8. The van der Waals surface area contributed by atoms with Gasteiger partial charge < -0.3 is 20.6 Å². The number of hydrogen-bond acceptors (Lipinski definition) is 4. The molecule has 2 fully saturated rings. The molecule has 1 heterocycles. The van der Waals surface area contributed by atoms with Gasteiger partial charge in [0.05, 0.1) is 6.61 Å². The summed E-state index contributed by atoms with van der Waals surface area (Å²) in [6, 6.07) is 0. The average molecular weight is 255 g/mol. The highest BCUT2D eigenvalue weighted by atomic mass is 16.3. The van der Waals surface area contributed by atoms with Crippen molar-refractivity contribution in [1.82, 2.24) is 9.80 Å². The van der Waals surface area contributed by atoms with Gasteiger partial charge in [-0.2, -0.15) is 0 Å². The molecule has 0 bridgehead atoms. The van der Waals surface area contributed by atoms with E-state index in [1.54, 1.807) is 0 Å². The van der Waals surface area contributed by atoms with E-state index < -0.39 is 0 Å². The molecule has 0 aromatic carbocycles. The summed E-state index contributed by atoms with van der Waals surface area (Å²) in [6.45, 7) is 6.10. The smallest absolute Gasteiger partial charge is 0.0613 e. The molecule has 2 atom stereocenters. The monoisotopic (exact) mass is 255 g/mol. The first-order valence-corrected chi connectivity index (χ1v) is 7.45. The Morgan fingerprint density at radius 1 is 1.22 bits per heavy atom. The number of hydrogen-bond donors (Lipinski definition) is 2. The molecule has 1 aliphatic heterocycles. The summed E-state index contributed by atoms with van der Waals surface area (Å²) in [5.41, 5.74) is 6.01. The molecule has 2 rings (SSSR count). The number of nitrogens with zero attached hydrogens (tertiary/aromatic N) is 2. The van der Waals surface area contributed by atoms with Crippen LogP contribution in [0.1, 0.15) is 32.1 Å². The van der Waals surface area contributed by atoms with E-state index in [0.717, 1.165) is 19.4 Å². The first-order valence-electron chi connectivity index (χ1n) is 7.45. The van der Waals surface area contributed by atoms with Gasteiger partial charge in [-0.05, 0) is 58.3 Å². The van der Waals surface area contributed by atoms with E-state index in [4.69, 9.17) is 5.73 Å². The van der Waals surface area contributed by atoms with E-state index in [-0.39, 0.29) is 12.1 Å². The molecule has 1 aliphatic carbocycles. The molecule has 106 valence electrons. The maximum absolute atomic E-state index is 9.47. The Bertz CT molecular complexity index is 261. The summed E-state index contributed by atoms with van der Waals surface area (Å²) >= 11 is 0. The minimum absolute atomic E-state index is 0.153. The highest BCUT2D eigenvalue weighted by Crippen LogP contribution is 2.35. The molecule has 2 aliphatic rings. The van der Waals surface area contributed by atoms with Crippen molar-refractivity contribution >= 4 is 0 Å². The normalized spacial score (nSPS) is 35.8. The zero-order chi connectivity index (χ0) is 13.0. The Morgan fingerprint density at radius 3 is 2.83 bits per heavy atom. The maximum Gasteiger partial charge on any atom is 0.0613 e. The summed E-state index contributed by atoms with van der Waals surface area (Å²) in [4.78, 5) is 4.98. The van der Waals surface area contributed by atoms with Crippen LogP contribution in [0.2, 0.25) is 0 Å². The average Bonchev–Trinajstić information content (AvgIpc) is 2.61. The lowest BCUT2D eigenvalue weighted by molar-refractivity contribution is 0.144. The zero-order valence-electron chi connectivity index (χ0n) is 11.8. The van der Waals surface area contributed by atoms with Gasteiger partial charge in [0.1, 0.15) is 0 Å². The van der Waals surface area contributed by atoms with Crippen molar-refractivity contribution in [1.29, 1.82) is 0 Å². The number of nitrogens with two attached hydrogens (primary N) is 1. The van der Waals surface area contributed by atoms with Crippen LogP contribution in [0.4, 0.5) is 0 Å². The van der Waals surface area contributed by atoms with Crippen molar-refractivity contribution in [2.24, 2.45) is 11.7 Å². The molecular formula is C14H29N3O. The van der Waals surface area contributed by atoms with Crippen molar-refractivity contribution in [2.75, 3.05) is 46.4 Å². The third-order valence-electron chi connectivity index (χ3n) is 4.91. The lowest BCUT2D eigenvalue weighted by Gasteiger charge is -2.31. The van der Waals surface area contributed by atoms with E-state index >= 15 is 0 Å². The molecule has 18 heavy (non-hydrogen) atoms. The van der Waals surface area contributed by atoms with Crippen molar-refractivity contribution < 1.29 is 5.11 Å². The number of likely N-dealkylation sites (N-methyl/N-ethyl adjacent to an activating group) is 1. The van der Waals surface area contributed by atoms with Crippen LogP contribution in [0, 0.1) is 5.92 Å². The minimum Gasteiger partial charge on any atom is -0.394 e. The topological polar surface area (TPSA) is 52.7 Å². The Hall–Kier alpha value is -0.160. The van der Waals surface area contributed by atoms with E-state index in [1.165, 1.54) is 45.4 Å². The van der Waals surface area contributed by atoms with Gasteiger partial charge in [0, 0.05) is 18.6 Å². The standard InChI is InChI=1S/C14H29N3O/c1-16-7-3-8-17(11-10-16)9-5-13-4-2-6-14(13,15)12-18/h13,18H,2-12,15H2,1H3. The molecule has 0 aromatic heterocycles. The van der Waals surface area contributed by atoms with Gasteiger partial charge in [-0.3, -0.25) is 0 Å². The largest absolute Gasteiger partial charge is 0.394 e. The molecule has 1 saturated heterocycles. The molecular weight excluding hydrogens is 226 g/mol. The molecule has 0 amide bonds. The quantitative estimate of drug-likeness (QED) is 0.768. The number of aliphatic hydroxyl groups is 1. The molecule has 1 saturated carbocycles. The second-order valence-corrected chi connectivity index (χ2v) is 6.27. The summed E-state index contributed by atoms with van der Waals surface area (Å²) in [6.07, 6.45) is 5.81. The highest BCUT2D eigenvalue weighted by molar-refractivity contribution is 4.96. The lowest BCUT2D eigenvalue weighted by atomic mass is 9.86. The van der Waals surface area contributed by atoms with Crippen LogP contribution in [0.5, 0.6) is 0 Å². The van der Waals surface area contributed by atoms with Gasteiger partial charge >= 0.3 is 0 Å². The van der Waals surface area contributed by atoms with Gasteiger partial charge in [0.2, 0.25) is 0 Å². The number of rotatable bonds is 4. The third kappa shape index (κ3) is 3.44. The molecule has 0 spiro atoms. The fraction of sp³-hybridized carbons (Fsp3) is 1.00. The van der Waals surface area contributed by atoms with Gasteiger partial charge in [-0.15, -0.1) is 0 Å². The Kier molecular flexibility index (Phi) is 5.01. The second kappa shape index (κ2) is 6.33.